The first kappa shape index (κ1) is 19.8. The molecule has 0 aliphatic carbocycles. The van der Waals surface area contributed by atoms with E-state index in [1.165, 1.54) is 11.3 Å². The van der Waals surface area contributed by atoms with E-state index in [0.29, 0.717) is 23.9 Å². The van der Waals surface area contributed by atoms with Crippen molar-refractivity contribution in [1.29, 1.82) is 0 Å². The fraction of sp³-hybridized carbons (Fsp3) is 0.500. The van der Waals surface area contributed by atoms with Crippen molar-refractivity contribution in [2.24, 2.45) is 13.0 Å². The quantitative estimate of drug-likeness (QED) is 0.641. The molecule has 0 amide bonds. The van der Waals surface area contributed by atoms with Crippen molar-refractivity contribution in [3.05, 3.63) is 35.0 Å². The topological polar surface area (TPSA) is 93.4 Å². The summed E-state index contributed by atoms with van der Waals surface area (Å²) in [5.74, 6) is 1.23. The SMILES string of the molecule is CCOC(=O)c1sc2ncnc(N3CCCC(C(O)c4nccn4C)C3)c2c1C. The average molecular weight is 416 g/mol. The maximum Gasteiger partial charge on any atom is 0.348 e. The molecule has 4 heterocycles. The Labute approximate surface area is 173 Å². The van der Waals surface area contributed by atoms with Gasteiger partial charge in [0.05, 0.1) is 12.0 Å². The molecule has 0 aromatic carbocycles. The van der Waals surface area contributed by atoms with Gasteiger partial charge in [-0.05, 0) is 32.3 Å². The number of ether oxygens (including phenoxy) is 1. The van der Waals surface area contributed by atoms with Crippen LogP contribution in [0.15, 0.2) is 18.7 Å². The summed E-state index contributed by atoms with van der Waals surface area (Å²) in [6.45, 7) is 5.57. The number of thiophene rings is 1. The van der Waals surface area contributed by atoms with E-state index in [1.54, 1.807) is 19.4 Å². The second-order valence-electron chi connectivity index (χ2n) is 7.34. The van der Waals surface area contributed by atoms with E-state index in [-0.39, 0.29) is 11.9 Å². The minimum atomic E-state index is -0.631. The number of rotatable bonds is 5. The van der Waals surface area contributed by atoms with Crippen LogP contribution in [0.1, 0.15) is 46.9 Å². The average Bonchev–Trinajstić information content (AvgIpc) is 3.31. The van der Waals surface area contributed by atoms with Crippen LogP contribution >= 0.6 is 11.3 Å². The van der Waals surface area contributed by atoms with E-state index in [2.05, 4.69) is 19.9 Å². The zero-order valence-corrected chi connectivity index (χ0v) is 17.6. The number of hydrogen-bond donors (Lipinski definition) is 1. The van der Waals surface area contributed by atoms with Gasteiger partial charge < -0.3 is 19.3 Å². The summed E-state index contributed by atoms with van der Waals surface area (Å²) in [7, 11) is 1.89. The van der Waals surface area contributed by atoms with Crippen molar-refractivity contribution in [2.45, 2.75) is 32.8 Å². The first-order valence-electron chi connectivity index (χ1n) is 9.82. The van der Waals surface area contributed by atoms with Crippen LogP contribution < -0.4 is 4.90 Å². The number of hydrogen-bond acceptors (Lipinski definition) is 8. The largest absolute Gasteiger partial charge is 0.462 e. The van der Waals surface area contributed by atoms with E-state index in [0.717, 1.165) is 41.0 Å². The summed E-state index contributed by atoms with van der Waals surface area (Å²) in [6.07, 6.45) is 6.34. The predicted octanol–water partition coefficient (Wildman–Crippen LogP) is 2.86. The van der Waals surface area contributed by atoms with Crippen molar-refractivity contribution in [3.8, 4) is 0 Å². The van der Waals surface area contributed by atoms with Crippen molar-refractivity contribution in [3.63, 3.8) is 0 Å². The van der Waals surface area contributed by atoms with Crippen LogP contribution in [0.25, 0.3) is 10.2 Å². The Balaban J connectivity index is 1.65. The number of anilines is 1. The number of carbonyl (C=O) groups is 1. The van der Waals surface area contributed by atoms with Gasteiger partial charge in [-0.1, -0.05) is 0 Å². The molecule has 1 aliphatic heterocycles. The lowest BCUT2D eigenvalue weighted by Gasteiger charge is -2.35. The number of nitrogens with zero attached hydrogens (tertiary/aromatic N) is 5. The first-order valence-corrected chi connectivity index (χ1v) is 10.6. The van der Waals surface area contributed by atoms with E-state index < -0.39 is 6.10 Å². The molecule has 29 heavy (non-hydrogen) atoms. The molecular formula is C20H25N5O3S. The molecule has 4 rings (SSSR count). The van der Waals surface area contributed by atoms with E-state index in [1.807, 2.05) is 24.7 Å². The highest BCUT2D eigenvalue weighted by Gasteiger charge is 2.31. The van der Waals surface area contributed by atoms with Crippen LogP contribution in [0.5, 0.6) is 0 Å². The van der Waals surface area contributed by atoms with E-state index >= 15 is 0 Å². The molecule has 0 saturated carbocycles. The molecule has 8 nitrogen and oxygen atoms in total. The number of esters is 1. The second kappa shape index (κ2) is 8.08. The maximum absolute atomic E-state index is 12.3. The van der Waals surface area contributed by atoms with Gasteiger partial charge in [-0.15, -0.1) is 11.3 Å². The molecule has 3 aromatic heterocycles. The molecule has 2 atom stereocenters. The third-order valence-electron chi connectivity index (χ3n) is 5.49. The fourth-order valence-electron chi connectivity index (χ4n) is 4.02. The van der Waals surface area contributed by atoms with Gasteiger partial charge in [0.2, 0.25) is 0 Å². The van der Waals surface area contributed by atoms with Crippen molar-refractivity contribution >= 4 is 33.3 Å². The van der Waals surface area contributed by atoms with E-state index in [9.17, 15) is 9.90 Å². The summed E-state index contributed by atoms with van der Waals surface area (Å²) in [4.78, 5) is 29.1. The number of fused-ring (bicyclic) bond motifs is 1. The standard InChI is InChI=1S/C20H25N5O3S/c1-4-28-20(27)16-12(2)14-17(22-11-23-19(14)29-16)25-8-5-6-13(10-25)15(26)18-21-7-9-24(18)3/h7,9,11,13,15,26H,4-6,8,10H2,1-3H3. The molecule has 0 bridgehead atoms. The molecule has 1 fully saturated rings. The summed E-state index contributed by atoms with van der Waals surface area (Å²) in [5.41, 5.74) is 0.853. The molecule has 154 valence electrons. The monoisotopic (exact) mass is 415 g/mol. The number of aryl methyl sites for hydroxylation is 2. The van der Waals surface area contributed by atoms with Gasteiger partial charge in [-0.3, -0.25) is 0 Å². The molecule has 3 aromatic rings. The highest BCUT2D eigenvalue weighted by Crippen LogP contribution is 2.38. The molecule has 0 spiro atoms. The van der Waals surface area contributed by atoms with Gasteiger partial charge in [0.15, 0.2) is 0 Å². The summed E-state index contributed by atoms with van der Waals surface area (Å²) in [6, 6.07) is 0. The summed E-state index contributed by atoms with van der Waals surface area (Å²) >= 11 is 1.34. The number of carbonyl (C=O) groups excluding carboxylic acids is 1. The lowest BCUT2D eigenvalue weighted by atomic mass is 9.91. The Morgan fingerprint density at radius 1 is 1.41 bits per heavy atom. The lowest BCUT2D eigenvalue weighted by molar-refractivity contribution is 0.0531. The molecule has 1 aliphatic rings. The zero-order valence-electron chi connectivity index (χ0n) is 16.8. The molecule has 2 unspecified atom stereocenters. The van der Waals surface area contributed by atoms with Crippen molar-refractivity contribution in [1.82, 2.24) is 19.5 Å². The minimum absolute atomic E-state index is 0.0540. The number of aromatic nitrogens is 4. The maximum atomic E-state index is 12.3. The van der Waals surface area contributed by atoms with Gasteiger partial charge in [0, 0.05) is 38.4 Å². The van der Waals surface area contributed by atoms with Crippen LogP contribution in [0.3, 0.4) is 0 Å². The van der Waals surface area contributed by atoms with Crippen molar-refractivity contribution < 1.29 is 14.6 Å². The number of imidazole rings is 1. The molecule has 1 saturated heterocycles. The van der Waals surface area contributed by atoms with Crippen LogP contribution in [0, 0.1) is 12.8 Å². The smallest absolute Gasteiger partial charge is 0.348 e. The normalized spacial score (nSPS) is 18.2. The number of aliphatic hydroxyl groups excluding tert-OH is 1. The van der Waals surface area contributed by atoms with Crippen LogP contribution in [-0.4, -0.2) is 50.3 Å². The molecule has 9 heteroatoms. The van der Waals surface area contributed by atoms with Gasteiger partial charge in [0.25, 0.3) is 0 Å². The van der Waals surface area contributed by atoms with Crippen LogP contribution in [0.2, 0.25) is 0 Å². The lowest BCUT2D eigenvalue weighted by Crippen LogP contribution is -2.39. The minimum Gasteiger partial charge on any atom is -0.462 e. The zero-order chi connectivity index (χ0) is 20.5. The van der Waals surface area contributed by atoms with Gasteiger partial charge >= 0.3 is 5.97 Å². The Hall–Kier alpha value is -2.52. The van der Waals surface area contributed by atoms with Crippen molar-refractivity contribution in [2.75, 3.05) is 24.6 Å². The van der Waals surface area contributed by atoms with E-state index in [4.69, 9.17) is 4.74 Å². The van der Waals surface area contributed by atoms with Crippen LogP contribution in [0.4, 0.5) is 5.82 Å². The molecule has 0 radical (unpaired) electrons. The number of piperidine rings is 1. The van der Waals surface area contributed by atoms with Gasteiger partial charge in [0.1, 0.15) is 33.8 Å². The Bertz CT molecular complexity index is 1030. The fourth-order valence-corrected chi connectivity index (χ4v) is 5.05. The van der Waals surface area contributed by atoms with Gasteiger partial charge in [-0.25, -0.2) is 19.7 Å². The third-order valence-corrected chi connectivity index (χ3v) is 6.67. The highest BCUT2D eigenvalue weighted by molar-refractivity contribution is 7.20. The molecule has 1 N–H and O–H groups in total. The summed E-state index contributed by atoms with van der Waals surface area (Å²) < 4.78 is 7.05. The second-order valence-corrected chi connectivity index (χ2v) is 8.34. The Morgan fingerprint density at radius 2 is 2.24 bits per heavy atom. The Kier molecular flexibility index (Phi) is 5.51. The first-order chi connectivity index (χ1) is 14.0. The third kappa shape index (κ3) is 3.60. The van der Waals surface area contributed by atoms with Crippen LogP contribution in [-0.2, 0) is 11.8 Å². The predicted molar refractivity (Wildman–Crippen MR) is 111 cm³/mol. The summed E-state index contributed by atoms with van der Waals surface area (Å²) in [5, 5.41) is 11.8. The number of aliphatic hydroxyl groups is 1. The highest BCUT2D eigenvalue weighted by atomic mass is 32.1. The molecular weight excluding hydrogens is 390 g/mol. The Morgan fingerprint density at radius 3 is 2.97 bits per heavy atom. The van der Waals surface area contributed by atoms with Gasteiger partial charge in [-0.2, -0.15) is 0 Å².